The van der Waals surface area contributed by atoms with E-state index in [4.69, 9.17) is 0 Å². The molecule has 0 aliphatic heterocycles. The fraction of sp³-hybridized carbons (Fsp3) is 0.118. The highest BCUT2D eigenvalue weighted by atomic mass is 19.1. The van der Waals surface area contributed by atoms with E-state index in [1.165, 1.54) is 41.1 Å². The van der Waals surface area contributed by atoms with Gasteiger partial charge in [0.15, 0.2) is 0 Å². The zero-order chi connectivity index (χ0) is 16.9. The van der Waals surface area contributed by atoms with Crippen LogP contribution in [-0.2, 0) is 11.2 Å². The Morgan fingerprint density at radius 3 is 2.29 bits per heavy atom. The minimum atomic E-state index is -0.356. The lowest BCUT2D eigenvalue weighted by Gasteiger charge is -2.03. The third-order valence-electron chi connectivity index (χ3n) is 3.37. The number of carbonyl (C=O) groups is 1. The van der Waals surface area contributed by atoms with Gasteiger partial charge in [0.1, 0.15) is 11.6 Å². The third kappa shape index (κ3) is 4.01. The molecule has 1 aromatic heterocycles. The fourth-order valence-corrected chi connectivity index (χ4v) is 2.13. The van der Waals surface area contributed by atoms with Crippen LogP contribution < -0.4 is 5.32 Å². The summed E-state index contributed by atoms with van der Waals surface area (Å²) in [5.74, 6) is -0.875. The second kappa shape index (κ2) is 6.99. The topological polar surface area (TPSA) is 59.8 Å². The van der Waals surface area contributed by atoms with Crippen molar-refractivity contribution in [3.63, 3.8) is 0 Å². The van der Waals surface area contributed by atoms with Crippen molar-refractivity contribution in [2.45, 2.75) is 12.8 Å². The maximum atomic E-state index is 12.9. The van der Waals surface area contributed by atoms with Crippen LogP contribution in [0.25, 0.3) is 5.69 Å². The average Bonchev–Trinajstić information content (AvgIpc) is 3.05. The Balaban J connectivity index is 1.56. The van der Waals surface area contributed by atoms with E-state index in [0.717, 1.165) is 0 Å². The molecule has 0 spiro atoms. The molecule has 122 valence electrons. The molecule has 1 N–H and O–H groups in total. The van der Waals surface area contributed by atoms with Crippen LogP contribution in [0.2, 0.25) is 0 Å². The van der Waals surface area contributed by atoms with Gasteiger partial charge in [0, 0.05) is 18.5 Å². The third-order valence-corrected chi connectivity index (χ3v) is 3.37. The number of aromatic nitrogens is 3. The van der Waals surface area contributed by atoms with Crippen LogP contribution in [-0.4, -0.2) is 20.9 Å². The molecule has 3 aromatic rings. The summed E-state index contributed by atoms with van der Waals surface area (Å²) in [5, 5.41) is 10.6. The second-order valence-electron chi connectivity index (χ2n) is 5.19. The van der Waals surface area contributed by atoms with Crippen molar-refractivity contribution < 1.29 is 13.6 Å². The number of aryl methyl sites for hydroxylation is 1. The Kier molecular flexibility index (Phi) is 4.60. The van der Waals surface area contributed by atoms with Crippen molar-refractivity contribution in [3.05, 3.63) is 72.1 Å². The molecule has 0 unspecified atom stereocenters. The summed E-state index contributed by atoms with van der Waals surface area (Å²) in [6.45, 7) is 0. The number of amides is 1. The first-order valence-corrected chi connectivity index (χ1v) is 7.33. The Hall–Kier alpha value is -3.09. The molecule has 0 fully saturated rings. The quantitative estimate of drug-likeness (QED) is 0.783. The smallest absolute Gasteiger partial charge is 0.224 e. The van der Waals surface area contributed by atoms with Gasteiger partial charge < -0.3 is 5.32 Å². The predicted octanol–water partition coefficient (Wildman–Crippen LogP) is 3.12. The van der Waals surface area contributed by atoms with E-state index in [-0.39, 0.29) is 24.0 Å². The lowest BCUT2D eigenvalue weighted by molar-refractivity contribution is -0.116. The molecule has 7 heteroatoms. The van der Waals surface area contributed by atoms with Gasteiger partial charge >= 0.3 is 0 Å². The maximum absolute atomic E-state index is 12.9. The Labute approximate surface area is 136 Å². The van der Waals surface area contributed by atoms with E-state index in [2.05, 4.69) is 15.6 Å². The Morgan fingerprint density at radius 1 is 1.00 bits per heavy atom. The van der Waals surface area contributed by atoms with Crippen LogP contribution in [0.1, 0.15) is 12.1 Å². The van der Waals surface area contributed by atoms with E-state index < -0.39 is 0 Å². The number of benzene rings is 2. The molecule has 1 amide bonds. The summed E-state index contributed by atoms with van der Waals surface area (Å²) < 4.78 is 27.2. The van der Waals surface area contributed by atoms with Gasteiger partial charge in [-0.05, 0) is 48.5 Å². The zero-order valence-corrected chi connectivity index (χ0v) is 12.6. The average molecular weight is 328 g/mol. The molecule has 0 atom stereocenters. The van der Waals surface area contributed by atoms with E-state index in [0.29, 0.717) is 23.5 Å². The Bertz CT molecular complexity index is 829. The van der Waals surface area contributed by atoms with Crippen molar-refractivity contribution in [2.24, 2.45) is 0 Å². The van der Waals surface area contributed by atoms with Gasteiger partial charge in [-0.15, -0.1) is 5.10 Å². The molecule has 0 saturated carbocycles. The van der Waals surface area contributed by atoms with Gasteiger partial charge in [-0.3, -0.25) is 4.79 Å². The van der Waals surface area contributed by atoms with Crippen molar-refractivity contribution in [3.8, 4) is 5.69 Å². The summed E-state index contributed by atoms with van der Waals surface area (Å²) in [4.78, 5) is 11.9. The molecular formula is C17H14F2N4O. The van der Waals surface area contributed by atoms with Crippen LogP contribution in [0.3, 0.4) is 0 Å². The summed E-state index contributed by atoms with van der Waals surface area (Å²) in [5.41, 5.74) is 1.87. The summed E-state index contributed by atoms with van der Waals surface area (Å²) in [6, 6.07) is 11.4. The highest BCUT2D eigenvalue weighted by molar-refractivity contribution is 5.90. The van der Waals surface area contributed by atoms with Crippen LogP contribution in [0.4, 0.5) is 14.5 Å². The molecule has 2 aromatic carbocycles. The van der Waals surface area contributed by atoms with E-state index in [1.807, 2.05) is 0 Å². The lowest BCUT2D eigenvalue weighted by atomic mass is 10.2. The van der Waals surface area contributed by atoms with Crippen molar-refractivity contribution in [1.82, 2.24) is 15.0 Å². The summed E-state index contributed by atoms with van der Waals surface area (Å²) in [6.07, 6.45) is 2.33. The van der Waals surface area contributed by atoms with Gasteiger partial charge in [0.2, 0.25) is 5.91 Å². The van der Waals surface area contributed by atoms with E-state index in [1.54, 1.807) is 18.3 Å². The first kappa shape index (κ1) is 15.8. The van der Waals surface area contributed by atoms with Gasteiger partial charge in [-0.1, -0.05) is 5.21 Å². The molecule has 0 bridgehead atoms. The predicted molar refractivity (Wildman–Crippen MR) is 84.7 cm³/mol. The van der Waals surface area contributed by atoms with Crippen molar-refractivity contribution in [2.75, 3.05) is 5.32 Å². The van der Waals surface area contributed by atoms with Gasteiger partial charge in [-0.2, -0.15) is 0 Å². The second-order valence-corrected chi connectivity index (χ2v) is 5.19. The minimum absolute atomic E-state index is 0.196. The van der Waals surface area contributed by atoms with Gasteiger partial charge in [-0.25, -0.2) is 13.5 Å². The largest absolute Gasteiger partial charge is 0.326 e. The molecule has 0 saturated heterocycles. The number of nitrogens with zero attached hydrogens (tertiary/aromatic N) is 3. The van der Waals surface area contributed by atoms with Gasteiger partial charge in [0.25, 0.3) is 0 Å². The highest BCUT2D eigenvalue weighted by Gasteiger charge is 2.07. The van der Waals surface area contributed by atoms with Crippen molar-refractivity contribution >= 4 is 11.6 Å². The number of nitrogens with one attached hydrogen (secondary N) is 1. The molecule has 0 aliphatic carbocycles. The molecule has 5 nitrogen and oxygen atoms in total. The molecule has 1 heterocycles. The van der Waals surface area contributed by atoms with E-state index in [9.17, 15) is 13.6 Å². The molecular weight excluding hydrogens is 314 g/mol. The number of anilines is 1. The van der Waals surface area contributed by atoms with Crippen LogP contribution in [0.5, 0.6) is 0 Å². The maximum Gasteiger partial charge on any atom is 0.224 e. The first-order valence-electron chi connectivity index (χ1n) is 7.33. The van der Waals surface area contributed by atoms with Crippen LogP contribution >= 0.6 is 0 Å². The molecule has 0 radical (unpaired) electrons. The van der Waals surface area contributed by atoms with Gasteiger partial charge in [0.05, 0.1) is 17.6 Å². The van der Waals surface area contributed by atoms with Crippen molar-refractivity contribution in [1.29, 1.82) is 0 Å². The molecule has 3 rings (SSSR count). The lowest BCUT2D eigenvalue weighted by Crippen LogP contribution is -2.12. The Morgan fingerprint density at radius 2 is 1.62 bits per heavy atom. The molecule has 24 heavy (non-hydrogen) atoms. The number of carbonyl (C=O) groups excluding carboxylic acids is 1. The number of rotatable bonds is 5. The standard InChI is InChI=1S/C17H14F2N4O/c18-12-1-5-14(6-2-12)20-17(24)10-7-15-11-23(22-21-15)16-8-3-13(19)4-9-16/h1-6,8-9,11H,7,10H2,(H,20,24). The van der Waals surface area contributed by atoms with E-state index >= 15 is 0 Å². The summed E-state index contributed by atoms with van der Waals surface area (Å²) in [7, 11) is 0. The fourth-order valence-electron chi connectivity index (χ4n) is 2.13. The number of hydrogen-bond donors (Lipinski definition) is 1. The molecule has 0 aliphatic rings. The minimum Gasteiger partial charge on any atom is -0.326 e. The number of halogens is 2. The SMILES string of the molecule is O=C(CCc1cn(-c2ccc(F)cc2)nn1)Nc1ccc(F)cc1. The highest BCUT2D eigenvalue weighted by Crippen LogP contribution is 2.11. The zero-order valence-electron chi connectivity index (χ0n) is 12.6. The normalized spacial score (nSPS) is 10.6. The van der Waals surface area contributed by atoms with Crippen LogP contribution in [0, 0.1) is 11.6 Å². The number of hydrogen-bond acceptors (Lipinski definition) is 3. The first-order chi connectivity index (χ1) is 11.6. The monoisotopic (exact) mass is 328 g/mol. The summed E-state index contributed by atoms with van der Waals surface area (Å²) >= 11 is 0. The van der Waals surface area contributed by atoms with Crippen LogP contribution in [0.15, 0.2) is 54.7 Å².